The van der Waals surface area contributed by atoms with Gasteiger partial charge in [0.15, 0.2) is 11.2 Å². The molecule has 264 valence electrons. The maximum Gasteiger partial charge on any atom is 0.371 e. The molecule has 7 atom stereocenters. The van der Waals surface area contributed by atoms with Crippen molar-refractivity contribution in [2.45, 2.75) is 63.7 Å². The first kappa shape index (κ1) is 33.6. The number of carbonyl (C=O) groups is 2. The molecule has 0 bridgehead atoms. The van der Waals surface area contributed by atoms with Crippen molar-refractivity contribution < 1.29 is 33.0 Å². The van der Waals surface area contributed by atoms with Gasteiger partial charge in [0.1, 0.15) is 11.6 Å². The van der Waals surface area contributed by atoms with Crippen LogP contribution in [-0.4, -0.2) is 53.6 Å². The molecule has 4 heterocycles. The molecule has 0 aliphatic heterocycles. The molecule has 7 unspecified atom stereocenters. The number of pyridine rings is 1. The zero-order chi connectivity index (χ0) is 35.5. The van der Waals surface area contributed by atoms with E-state index in [0.29, 0.717) is 40.5 Å². The Morgan fingerprint density at radius 2 is 1.92 bits per heavy atom. The van der Waals surface area contributed by atoms with Gasteiger partial charge in [-0.3, -0.25) is 4.79 Å². The number of hydrogen-bond donors (Lipinski definition) is 2. The van der Waals surface area contributed by atoms with E-state index in [4.69, 9.17) is 9.52 Å². The summed E-state index contributed by atoms with van der Waals surface area (Å²) in [5.41, 5.74) is 5.26. The number of furan rings is 1. The monoisotopic (exact) mass is 710 g/mol. The first-order chi connectivity index (χ1) is 24.5. The van der Waals surface area contributed by atoms with E-state index in [9.17, 15) is 19.1 Å². The fourth-order valence-electron chi connectivity index (χ4n) is 9.95. The summed E-state index contributed by atoms with van der Waals surface area (Å²) in [7, 11) is 0. The summed E-state index contributed by atoms with van der Waals surface area (Å²) in [6, 6.07) is 13.0. The number of ketones is 1. The first-order valence-electron chi connectivity index (χ1n) is 17.4. The minimum atomic E-state index is -1.03. The van der Waals surface area contributed by atoms with E-state index in [1.54, 1.807) is 18.3 Å². The topological polar surface area (TPSA) is 144 Å². The number of halogens is 1. The van der Waals surface area contributed by atoms with E-state index in [-0.39, 0.29) is 40.0 Å². The van der Waals surface area contributed by atoms with E-state index in [2.05, 4.69) is 39.4 Å². The van der Waals surface area contributed by atoms with Crippen molar-refractivity contribution in [2.24, 2.45) is 34.5 Å². The third kappa shape index (κ3) is 5.82. The summed E-state index contributed by atoms with van der Waals surface area (Å²) in [5, 5.41) is 25.3. The molecule has 3 fully saturated rings. The van der Waals surface area contributed by atoms with Crippen LogP contribution in [0.25, 0.3) is 23.0 Å². The number of hydrogen-bond acceptors (Lipinski definition) is 9. The number of Topliss-reactive ketones (excluding diaryl/α,β-unsaturated/α-hetero) is 1. The van der Waals surface area contributed by atoms with Crippen molar-refractivity contribution in [1.29, 1.82) is 0 Å². The Hall–Kier alpha value is -4.55. The molecule has 0 radical (unpaired) electrons. The van der Waals surface area contributed by atoms with Crippen LogP contribution in [0.2, 0.25) is 0 Å². The van der Waals surface area contributed by atoms with E-state index in [0.717, 1.165) is 43.5 Å². The van der Waals surface area contributed by atoms with Gasteiger partial charge in [-0.25, -0.2) is 18.9 Å². The lowest BCUT2D eigenvalue weighted by Gasteiger charge is -2.59. The molecule has 9 rings (SSSR count). The predicted molar refractivity (Wildman–Crippen MR) is 188 cm³/mol. The fraction of sp³-hybridized carbons (Fsp3) is 0.410. The average Bonchev–Trinajstić information content (AvgIpc) is 3.92. The van der Waals surface area contributed by atoms with Gasteiger partial charge in [0, 0.05) is 12.1 Å². The molecule has 4 aliphatic rings. The third-order valence-electron chi connectivity index (χ3n) is 12.1. The summed E-state index contributed by atoms with van der Waals surface area (Å²) in [6.07, 6.45) is 12.1. The lowest BCUT2D eigenvalue weighted by Crippen LogP contribution is -2.57. The van der Waals surface area contributed by atoms with Gasteiger partial charge >= 0.3 is 5.97 Å². The van der Waals surface area contributed by atoms with Crippen LogP contribution in [0.4, 0.5) is 4.39 Å². The average molecular weight is 711 g/mol. The van der Waals surface area contributed by atoms with Gasteiger partial charge in [-0.2, -0.15) is 10.1 Å². The number of aliphatic hydroxyl groups is 1. The number of nitrogens with zero attached hydrogens (tertiary/aromatic N) is 4. The van der Waals surface area contributed by atoms with Crippen LogP contribution in [0.3, 0.4) is 0 Å². The molecule has 12 heteroatoms. The van der Waals surface area contributed by atoms with Crippen LogP contribution in [0.15, 0.2) is 86.8 Å². The summed E-state index contributed by atoms with van der Waals surface area (Å²) in [4.78, 5) is 32.3. The fourth-order valence-corrected chi connectivity index (χ4v) is 10.7. The second kappa shape index (κ2) is 12.9. The molecule has 4 aliphatic carbocycles. The Kier molecular flexibility index (Phi) is 8.49. The quantitative estimate of drug-likeness (QED) is 0.169. The zero-order valence-corrected chi connectivity index (χ0v) is 29.2. The van der Waals surface area contributed by atoms with Crippen molar-refractivity contribution >= 4 is 40.8 Å². The number of carboxylic acids is 1. The Bertz CT molecular complexity index is 2090. The van der Waals surface area contributed by atoms with Gasteiger partial charge in [0.25, 0.3) is 5.22 Å². The normalized spacial score (nSPS) is 29.2. The number of aromatic carboxylic acids is 1. The van der Waals surface area contributed by atoms with Crippen LogP contribution in [0.1, 0.15) is 67.8 Å². The molecule has 1 aromatic carbocycles. The standard InChI is InChI=1S/C34H35FN4O3S.C5H4O3/c1-33-15-19-17-37-39(22-8-6-21(35)7-9-22)26(19)14-20(33)5-10-23-24-11-12-25(34(24,2)16-27(40)30(23)33)28(41)18-43-32-38-31-29(42-32)4-3-13-36-31;6-5(7)4-2-1-3-8-4/h3-4,6-9,13-14,17,23-25,27,30,40H,5,10-12,15-16,18H2,1-2H3;1-3H,(H,6,7). The highest BCUT2D eigenvalue weighted by atomic mass is 32.2. The van der Waals surface area contributed by atoms with Gasteiger partial charge in [-0.05, 0) is 127 Å². The van der Waals surface area contributed by atoms with Crippen LogP contribution in [0, 0.1) is 40.3 Å². The Morgan fingerprint density at radius 3 is 2.65 bits per heavy atom. The van der Waals surface area contributed by atoms with Gasteiger partial charge in [-0.15, -0.1) is 0 Å². The maximum absolute atomic E-state index is 13.7. The molecule has 2 N–H and O–H groups in total. The largest absolute Gasteiger partial charge is 0.475 e. The van der Waals surface area contributed by atoms with Crippen molar-refractivity contribution in [3.63, 3.8) is 0 Å². The molecule has 0 spiro atoms. The number of fused-ring (bicyclic) bond motifs is 7. The van der Waals surface area contributed by atoms with Gasteiger partial charge in [0.2, 0.25) is 5.76 Å². The molecule has 3 saturated carbocycles. The van der Waals surface area contributed by atoms with Crippen LogP contribution >= 0.6 is 11.8 Å². The lowest BCUT2D eigenvalue weighted by atomic mass is 9.46. The molecule has 0 saturated heterocycles. The number of carbonyl (C=O) groups excluding carboxylic acids is 1. The number of oxazole rings is 1. The number of thioether (sulfide) groups is 1. The number of rotatable bonds is 6. The Morgan fingerprint density at radius 1 is 1.10 bits per heavy atom. The number of benzene rings is 1. The van der Waals surface area contributed by atoms with Crippen molar-refractivity contribution in [3.8, 4) is 5.69 Å². The molecule has 51 heavy (non-hydrogen) atoms. The van der Waals surface area contributed by atoms with Crippen LogP contribution in [0.5, 0.6) is 0 Å². The smallest absolute Gasteiger partial charge is 0.371 e. The highest BCUT2D eigenvalue weighted by Crippen LogP contribution is 2.66. The molecule has 5 aromatic rings. The van der Waals surface area contributed by atoms with Gasteiger partial charge < -0.3 is 19.0 Å². The predicted octanol–water partition coefficient (Wildman–Crippen LogP) is 7.66. The van der Waals surface area contributed by atoms with E-state index in [1.807, 2.05) is 23.0 Å². The van der Waals surface area contributed by atoms with Crippen molar-refractivity contribution in [3.05, 3.63) is 95.6 Å². The molecule has 0 amide bonds. The highest BCUT2D eigenvalue weighted by Gasteiger charge is 2.63. The zero-order valence-electron chi connectivity index (χ0n) is 28.4. The molecular formula is C39H39FN4O6S. The van der Waals surface area contributed by atoms with E-state index in [1.165, 1.54) is 53.4 Å². The highest BCUT2D eigenvalue weighted by molar-refractivity contribution is 7.99. The maximum atomic E-state index is 13.7. The van der Waals surface area contributed by atoms with Crippen LogP contribution in [-0.2, 0) is 11.2 Å². The van der Waals surface area contributed by atoms with Crippen LogP contribution < -0.4 is 0 Å². The second-order valence-corrected chi connectivity index (χ2v) is 15.7. The van der Waals surface area contributed by atoms with Gasteiger partial charge in [-0.1, -0.05) is 31.2 Å². The number of carboxylic acid groups (broad SMARTS) is 1. The number of allylic oxidation sites excluding steroid dienone is 1. The molecule has 4 aromatic heterocycles. The SMILES string of the molecule is CC12Cc3cnn(-c4ccc(F)cc4)c3C=C1CCC1C2C(O)CC2(C)C(C(=O)CSc3nc4ncccc4o3)CCC12.O=C(O)c1ccco1. The Labute approximate surface area is 298 Å². The second-order valence-electron chi connectivity index (χ2n) is 14.8. The minimum absolute atomic E-state index is 0.0231. The summed E-state index contributed by atoms with van der Waals surface area (Å²) < 4.78 is 25.8. The minimum Gasteiger partial charge on any atom is -0.475 e. The Balaban J connectivity index is 0.000000415. The molecule has 10 nitrogen and oxygen atoms in total. The molecular weight excluding hydrogens is 672 g/mol. The summed E-state index contributed by atoms with van der Waals surface area (Å²) >= 11 is 1.35. The lowest BCUT2D eigenvalue weighted by molar-refractivity contribution is -0.140. The first-order valence-corrected chi connectivity index (χ1v) is 18.4. The van der Waals surface area contributed by atoms with Crippen molar-refractivity contribution in [2.75, 3.05) is 5.75 Å². The summed E-state index contributed by atoms with van der Waals surface area (Å²) in [6.45, 7) is 4.60. The van der Waals surface area contributed by atoms with Crippen molar-refractivity contribution in [1.82, 2.24) is 19.7 Å². The number of aromatic nitrogens is 4. The summed E-state index contributed by atoms with van der Waals surface area (Å²) in [5.74, 6) is 0.0862. The number of aliphatic hydroxyl groups excluding tert-OH is 1. The van der Waals surface area contributed by atoms with E-state index >= 15 is 0 Å². The van der Waals surface area contributed by atoms with E-state index < -0.39 is 12.1 Å². The van der Waals surface area contributed by atoms with Gasteiger partial charge in [0.05, 0.1) is 35.7 Å². The third-order valence-corrected chi connectivity index (χ3v) is 12.9.